The molecule has 1 saturated carbocycles. The fraction of sp³-hybridized carbons (Fsp3) is 0.357. The Hall–Kier alpha value is -5.59. The van der Waals surface area contributed by atoms with E-state index in [1.165, 1.54) is 36.7 Å². The number of allylic oxidation sites excluding steroid dienone is 1. The zero-order chi connectivity index (χ0) is 41.1. The maximum Gasteiger partial charge on any atom is 0.355 e. The Bertz CT molecular complexity index is 2270. The van der Waals surface area contributed by atoms with E-state index in [9.17, 15) is 50.4 Å². The number of nitrogens with zero attached hydrogens (tertiary/aromatic N) is 2. The standard InChI is InChI=1S/C42H44N4O12/c43-33-7-4-13-40(33,24-5-2-1-3-6-24)27-12-14-41(39(54)55)35(27)26-17-30(49)31(57-42(56)38(53)37(52)36(51)32(20-47)58-42)18-28(26)46(41)34(50)11-9-22-8-10-29(48)23(15-22)16-25-19-44-21-45-25/h1-3,5-6,8-12,14-15,17-19,21,27,32-33,35-38,47-49,51-53,56H,4,7,13,16,20,43H2,(H,44,45)(H,54,55)/b11-9+/t27-,32-,33-,35+,36-,37+,38-,40-,41-,42+/m1/s1. The third-order valence-corrected chi connectivity index (χ3v) is 12.3. The lowest BCUT2D eigenvalue weighted by Crippen LogP contribution is -2.67. The molecule has 2 aliphatic carbocycles. The van der Waals surface area contributed by atoms with Gasteiger partial charge in [-0.1, -0.05) is 55.0 Å². The Morgan fingerprint density at radius 3 is 2.50 bits per heavy atom. The van der Waals surface area contributed by atoms with E-state index < -0.39 is 89.2 Å². The summed E-state index contributed by atoms with van der Waals surface area (Å²) in [5, 5.41) is 85.9. The number of carbonyl (C=O) groups excluding carboxylic acids is 1. The van der Waals surface area contributed by atoms with Crippen LogP contribution in [0.5, 0.6) is 17.2 Å². The summed E-state index contributed by atoms with van der Waals surface area (Å²) in [6, 6.07) is 16.3. The van der Waals surface area contributed by atoms with Gasteiger partial charge in [0, 0.05) is 53.4 Å². The average molecular weight is 797 g/mol. The smallest absolute Gasteiger partial charge is 0.355 e. The maximum absolute atomic E-state index is 14.7. The Balaban J connectivity index is 1.25. The lowest BCUT2D eigenvalue weighted by atomic mass is 9.61. The van der Waals surface area contributed by atoms with Crippen LogP contribution < -0.4 is 15.4 Å². The normalized spacial score (nSPS) is 32.7. The fourth-order valence-corrected chi connectivity index (χ4v) is 9.57. The number of amides is 1. The van der Waals surface area contributed by atoms with Gasteiger partial charge in [0.1, 0.15) is 24.1 Å². The number of H-pyrrole nitrogens is 1. The predicted molar refractivity (Wildman–Crippen MR) is 205 cm³/mol. The molecule has 0 unspecified atom stereocenters. The molecule has 304 valence electrons. The topological polar surface area (TPSA) is 272 Å². The zero-order valence-corrected chi connectivity index (χ0v) is 31.0. The minimum atomic E-state index is -3.13. The number of phenolic OH excluding ortho intramolecular Hbond substituents is 2. The number of aliphatic hydroxyl groups is 5. The zero-order valence-electron chi connectivity index (χ0n) is 31.0. The van der Waals surface area contributed by atoms with Crippen LogP contribution in [0.25, 0.3) is 6.08 Å². The first-order valence-electron chi connectivity index (χ1n) is 18.9. The number of nitrogens with one attached hydrogen (secondary N) is 1. The van der Waals surface area contributed by atoms with Crippen LogP contribution in [-0.2, 0) is 26.2 Å². The first kappa shape index (κ1) is 39.2. The first-order valence-corrected chi connectivity index (χ1v) is 18.9. The molecular formula is C42H44N4O12. The fourth-order valence-electron chi connectivity index (χ4n) is 9.57. The van der Waals surface area contributed by atoms with Gasteiger partial charge in [-0.05, 0) is 59.7 Å². The number of nitrogens with two attached hydrogens (primary N) is 1. The number of anilines is 1. The molecule has 10 atom stereocenters. The molecule has 4 aromatic rings. The van der Waals surface area contributed by atoms with Crippen molar-refractivity contribution < 1.29 is 59.9 Å². The van der Waals surface area contributed by atoms with Gasteiger partial charge in [0.15, 0.2) is 23.1 Å². The number of benzene rings is 3. The van der Waals surface area contributed by atoms with Gasteiger partial charge < -0.3 is 61.0 Å². The summed E-state index contributed by atoms with van der Waals surface area (Å²) in [5.74, 6) is -8.10. The van der Waals surface area contributed by atoms with Crippen molar-refractivity contribution in [3.05, 3.63) is 119 Å². The number of hydrogen-bond acceptors (Lipinski definition) is 13. The number of carbonyl (C=O) groups is 2. The van der Waals surface area contributed by atoms with E-state index in [4.69, 9.17) is 15.2 Å². The van der Waals surface area contributed by atoms with Crippen LogP contribution in [0.4, 0.5) is 5.69 Å². The minimum absolute atomic E-state index is 0.0159. The Labute approximate surface area is 331 Å². The number of aromatic hydroxyl groups is 2. The summed E-state index contributed by atoms with van der Waals surface area (Å²) in [6.45, 7) is -0.894. The van der Waals surface area contributed by atoms with E-state index in [1.54, 1.807) is 24.4 Å². The number of imidazole rings is 1. The molecule has 58 heavy (non-hydrogen) atoms. The van der Waals surface area contributed by atoms with Crippen molar-refractivity contribution in [3.63, 3.8) is 0 Å². The Morgan fingerprint density at radius 2 is 1.83 bits per heavy atom. The van der Waals surface area contributed by atoms with Crippen LogP contribution in [0, 0.1) is 5.92 Å². The van der Waals surface area contributed by atoms with Crippen LogP contribution in [0.2, 0.25) is 0 Å². The molecular weight excluding hydrogens is 752 g/mol. The monoisotopic (exact) mass is 796 g/mol. The van der Waals surface area contributed by atoms with Crippen LogP contribution in [-0.4, -0.2) is 111 Å². The summed E-state index contributed by atoms with van der Waals surface area (Å²) < 4.78 is 10.9. The second-order valence-electron chi connectivity index (χ2n) is 15.4. The number of ether oxygens (including phenoxy) is 2. The molecule has 11 N–H and O–H groups in total. The molecule has 1 saturated heterocycles. The van der Waals surface area contributed by atoms with E-state index in [0.717, 1.165) is 28.6 Å². The SMILES string of the molecule is N[C@@H]1CCC[C@@]1(c1ccccc1)[C@@H]1C=C[C@]2(C(=O)O)[C@H]1c1cc(O)c(O[C@]3(O)O[C@H](CO)[C@@H](O)[C@H](O)[C@H]3O)cc1N2C(=O)/C=C/c1ccc(O)c(Cc2cnc[nH]2)c1. The quantitative estimate of drug-likeness (QED) is 0.0620. The van der Waals surface area contributed by atoms with Gasteiger partial charge in [-0.3, -0.25) is 9.69 Å². The maximum atomic E-state index is 14.7. The molecule has 1 aromatic heterocycles. The number of phenols is 2. The molecule has 1 amide bonds. The highest BCUT2D eigenvalue weighted by atomic mass is 16.8. The van der Waals surface area contributed by atoms with E-state index >= 15 is 0 Å². The highest BCUT2D eigenvalue weighted by molar-refractivity contribution is 6.13. The van der Waals surface area contributed by atoms with Crippen molar-refractivity contribution in [2.45, 2.75) is 79.0 Å². The first-order chi connectivity index (χ1) is 27.7. The van der Waals surface area contributed by atoms with Crippen LogP contribution in [0.15, 0.2) is 91.4 Å². The molecule has 0 radical (unpaired) electrons. The average Bonchev–Trinajstić information content (AvgIpc) is 4.01. The number of hydrogen-bond donors (Lipinski definition) is 10. The predicted octanol–water partition coefficient (Wildman–Crippen LogP) is 1.51. The molecule has 16 nitrogen and oxygen atoms in total. The highest BCUT2D eigenvalue weighted by Gasteiger charge is 2.67. The third kappa shape index (κ3) is 6.07. The second-order valence-corrected chi connectivity index (χ2v) is 15.4. The molecule has 16 heteroatoms. The van der Waals surface area contributed by atoms with Crippen molar-refractivity contribution >= 4 is 23.6 Å². The molecule has 3 aromatic carbocycles. The van der Waals surface area contributed by atoms with Crippen molar-refractivity contribution in [1.29, 1.82) is 0 Å². The Morgan fingerprint density at radius 1 is 1.05 bits per heavy atom. The number of aromatic nitrogens is 2. The van der Waals surface area contributed by atoms with E-state index in [0.29, 0.717) is 30.4 Å². The minimum Gasteiger partial charge on any atom is -0.508 e. The molecule has 0 spiro atoms. The van der Waals surface area contributed by atoms with E-state index in [2.05, 4.69) is 9.97 Å². The lowest BCUT2D eigenvalue weighted by molar-refractivity contribution is -0.422. The van der Waals surface area contributed by atoms with E-state index in [1.807, 2.05) is 30.3 Å². The number of carboxylic acids is 1. The van der Waals surface area contributed by atoms with Crippen molar-refractivity contribution in [1.82, 2.24) is 9.97 Å². The van der Waals surface area contributed by atoms with Crippen LogP contribution >= 0.6 is 0 Å². The van der Waals surface area contributed by atoms with Gasteiger partial charge in [-0.15, -0.1) is 0 Å². The molecule has 4 aliphatic rings. The van der Waals surface area contributed by atoms with Crippen molar-refractivity contribution in [3.8, 4) is 17.2 Å². The van der Waals surface area contributed by atoms with Gasteiger partial charge in [-0.25, -0.2) is 9.78 Å². The van der Waals surface area contributed by atoms with Gasteiger partial charge in [0.05, 0.1) is 18.6 Å². The van der Waals surface area contributed by atoms with Gasteiger partial charge in [-0.2, -0.15) is 0 Å². The lowest BCUT2D eigenvalue weighted by Gasteiger charge is -2.44. The third-order valence-electron chi connectivity index (χ3n) is 12.3. The summed E-state index contributed by atoms with van der Waals surface area (Å²) in [7, 11) is 0. The number of carboxylic acid groups (broad SMARTS) is 1. The number of aliphatic hydroxyl groups excluding tert-OH is 4. The van der Waals surface area contributed by atoms with Crippen molar-refractivity contribution in [2.75, 3.05) is 11.5 Å². The van der Waals surface area contributed by atoms with Gasteiger partial charge >= 0.3 is 11.9 Å². The van der Waals surface area contributed by atoms with Gasteiger partial charge in [0.2, 0.25) is 0 Å². The molecule has 3 heterocycles. The Kier molecular flexibility index (Phi) is 9.92. The molecule has 0 bridgehead atoms. The second kappa shape index (κ2) is 14.7. The van der Waals surface area contributed by atoms with Crippen molar-refractivity contribution in [2.24, 2.45) is 11.7 Å². The van der Waals surface area contributed by atoms with E-state index in [-0.39, 0.29) is 17.0 Å². The number of rotatable bonds is 10. The number of aromatic amines is 1. The molecule has 2 aliphatic heterocycles. The van der Waals surface area contributed by atoms with Gasteiger partial charge in [0.25, 0.3) is 5.91 Å². The number of fused-ring (bicyclic) bond motifs is 3. The van der Waals surface area contributed by atoms with Crippen LogP contribution in [0.3, 0.4) is 0 Å². The highest BCUT2D eigenvalue weighted by Crippen LogP contribution is 2.64. The summed E-state index contributed by atoms with van der Waals surface area (Å²) in [5.41, 5.74) is 7.05. The number of aliphatic carboxylic acids is 1. The van der Waals surface area contributed by atoms with Crippen LogP contribution in [0.1, 0.15) is 53.1 Å². The summed E-state index contributed by atoms with van der Waals surface area (Å²) in [6.07, 6.45) is 3.62. The summed E-state index contributed by atoms with van der Waals surface area (Å²) in [4.78, 5) is 36.7. The summed E-state index contributed by atoms with van der Waals surface area (Å²) >= 11 is 0. The largest absolute Gasteiger partial charge is 0.508 e. The molecule has 8 rings (SSSR count). The molecule has 2 fully saturated rings.